The minimum atomic E-state index is -0.155. The third kappa shape index (κ3) is 4.21. The van der Waals surface area contributed by atoms with Crippen LogP contribution in [0.5, 0.6) is 0 Å². The number of H-pyrrole nitrogens is 1. The Morgan fingerprint density at radius 2 is 1.65 bits per heavy atom. The lowest BCUT2D eigenvalue weighted by Crippen LogP contribution is -2.25. The molecule has 3 aromatic carbocycles. The quantitative estimate of drug-likeness (QED) is 0.361. The van der Waals surface area contributed by atoms with Crippen LogP contribution in [0.1, 0.15) is 17.8 Å². The molecular weight excluding hydrogens is 426 g/mol. The number of benzene rings is 3. The molecule has 8 heteroatoms. The Labute approximate surface area is 196 Å². The molecule has 0 saturated carbocycles. The number of tetrazole rings is 1. The van der Waals surface area contributed by atoms with E-state index in [1.807, 2.05) is 84.9 Å². The van der Waals surface area contributed by atoms with E-state index in [2.05, 4.69) is 32.3 Å². The summed E-state index contributed by atoms with van der Waals surface area (Å²) in [5.41, 5.74) is 4.59. The van der Waals surface area contributed by atoms with Crippen molar-refractivity contribution in [2.45, 2.75) is 19.4 Å². The van der Waals surface area contributed by atoms with Crippen molar-refractivity contribution in [2.24, 2.45) is 0 Å². The van der Waals surface area contributed by atoms with Crippen LogP contribution in [0.15, 0.2) is 96.3 Å². The van der Waals surface area contributed by atoms with Crippen LogP contribution >= 0.6 is 0 Å². The summed E-state index contributed by atoms with van der Waals surface area (Å²) in [6.07, 6.45) is 3.24. The van der Waals surface area contributed by atoms with Crippen molar-refractivity contribution in [3.05, 3.63) is 113 Å². The molecule has 168 valence electrons. The Bertz CT molecular complexity index is 1450. The Kier molecular flexibility index (Phi) is 5.94. The van der Waals surface area contributed by atoms with Crippen LogP contribution < -0.4 is 5.69 Å². The van der Waals surface area contributed by atoms with Gasteiger partial charge in [-0.25, -0.2) is 9.89 Å². The summed E-state index contributed by atoms with van der Waals surface area (Å²) >= 11 is 0. The van der Waals surface area contributed by atoms with Crippen molar-refractivity contribution >= 4 is 0 Å². The first-order chi connectivity index (χ1) is 16.7. The number of para-hydroxylation sites is 1. The minimum absolute atomic E-state index is 0.155. The summed E-state index contributed by atoms with van der Waals surface area (Å²) in [6.45, 7) is 4.24. The number of aromatic nitrogens is 7. The van der Waals surface area contributed by atoms with Gasteiger partial charge in [0.25, 0.3) is 0 Å². The highest BCUT2D eigenvalue weighted by atomic mass is 16.2. The smallest absolute Gasteiger partial charge is 0.274 e. The first-order valence-corrected chi connectivity index (χ1v) is 11.0. The highest BCUT2D eigenvalue weighted by Gasteiger charge is 2.15. The number of hydrogen-bond acceptors (Lipinski definition) is 5. The molecule has 8 nitrogen and oxygen atoms in total. The molecule has 0 aliphatic heterocycles. The van der Waals surface area contributed by atoms with Gasteiger partial charge in [0.2, 0.25) is 0 Å². The Morgan fingerprint density at radius 1 is 0.912 bits per heavy atom. The largest absolute Gasteiger partial charge is 0.351 e. The predicted octanol–water partition coefficient (Wildman–Crippen LogP) is 4.05. The van der Waals surface area contributed by atoms with Crippen molar-refractivity contribution in [1.29, 1.82) is 0 Å². The van der Waals surface area contributed by atoms with Crippen LogP contribution in [0.25, 0.3) is 28.2 Å². The lowest BCUT2D eigenvalue weighted by Gasteiger charge is -2.09. The second kappa shape index (κ2) is 9.50. The van der Waals surface area contributed by atoms with Crippen LogP contribution in [-0.4, -0.2) is 35.0 Å². The van der Waals surface area contributed by atoms with E-state index < -0.39 is 0 Å². The van der Waals surface area contributed by atoms with Crippen molar-refractivity contribution in [3.8, 4) is 28.2 Å². The second-order valence-corrected chi connectivity index (χ2v) is 7.85. The molecule has 0 fully saturated rings. The first-order valence-electron chi connectivity index (χ1n) is 11.0. The van der Waals surface area contributed by atoms with Crippen molar-refractivity contribution < 1.29 is 0 Å². The lowest BCUT2D eigenvalue weighted by molar-refractivity contribution is 0.696. The number of allylic oxidation sites excluding steroid dienone is 1. The van der Waals surface area contributed by atoms with E-state index in [1.54, 1.807) is 4.57 Å². The van der Waals surface area contributed by atoms with E-state index in [-0.39, 0.29) is 5.69 Å². The Morgan fingerprint density at radius 3 is 2.35 bits per heavy atom. The van der Waals surface area contributed by atoms with Gasteiger partial charge >= 0.3 is 5.69 Å². The summed E-state index contributed by atoms with van der Waals surface area (Å²) in [5, 5.41) is 18.9. The molecule has 0 aliphatic carbocycles. The van der Waals surface area contributed by atoms with Gasteiger partial charge < -0.3 is 0 Å². The molecule has 0 atom stereocenters. The number of aromatic amines is 1. The van der Waals surface area contributed by atoms with Crippen molar-refractivity contribution in [3.63, 3.8) is 0 Å². The molecule has 2 aromatic heterocycles. The van der Waals surface area contributed by atoms with Crippen molar-refractivity contribution in [2.75, 3.05) is 0 Å². The molecule has 0 bridgehead atoms. The maximum Gasteiger partial charge on any atom is 0.351 e. The minimum Gasteiger partial charge on any atom is -0.274 e. The number of nitrogens with one attached hydrogen (secondary N) is 1. The van der Waals surface area contributed by atoms with Crippen LogP contribution in [0.2, 0.25) is 0 Å². The molecule has 34 heavy (non-hydrogen) atoms. The van der Waals surface area contributed by atoms with Crippen LogP contribution in [-0.2, 0) is 13.0 Å². The van der Waals surface area contributed by atoms with E-state index >= 15 is 0 Å². The van der Waals surface area contributed by atoms with Gasteiger partial charge in [-0.3, -0.25) is 4.57 Å². The van der Waals surface area contributed by atoms with E-state index in [9.17, 15) is 4.79 Å². The van der Waals surface area contributed by atoms with E-state index in [4.69, 9.17) is 0 Å². The zero-order valence-corrected chi connectivity index (χ0v) is 18.5. The van der Waals surface area contributed by atoms with Crippen LogP contribution in [0.3, 0.4) is 0 Å². The fraction of sp³-hybridized carbons (Fsp3) is 0.115. The fourth-order valence-electron chi connectivity index (χ4n) is 3.94. The molecule has 5 rings (SSSR count). The molecule has 0 spiro atoms. The maximum absolute atomic E-state index is 13.2. The molecule has 0 saturated heterocycles. The van der Waals surface area contributed by atoms with Gasteiger partial charge in [0.15, 0.2) is 5.82 Å². The molecule has 0 unspecified atom stereocenters. The topological polar surface area (TPSA) is 94.3 Å². The van der Waals surface area contributed by atoms with Crippen LogP contribution in [0, 0.1) is 0 Å². The molecule has 5 aromatic rings. The summed E-state index contributed by atoms with van der Waals surface area (Å²) < 4.78 is 3.20. The SMILES string of the molecule is C=CCCc1nn(-c2ccccc2)c(=O)n1Cc1ccc(-c2ccccc2-c2nnn[nH]2)cc1. The van der Waals surface area contributed by atoms with Gasteiger partial charge in [0.1, 0.15) is 5.82 Å². The summed E-state index contributed by atoms with van der Waals surface area (Å²) in [7, 11) is 0. The third-order valence-electron chi connectivity index (χ3n) is 5.65. The van der Waals surface area contributed by atoms with Crippen molar-refractivity contribution in [1.82, 2.24) is 35.0 Å². The molecule has 0 aliphatic rings. The zero-order chi connectivity index (χ0) is 23.3. The van der Waals surface area contributed by atoms with Crippen LogP contribution in [0.4, 0.5) is 0 Å². The van der Waals surface area contributed by atoms with Gasteiger partial charge in [-0.1, -0.05) is 72.8 Å². The predicted molar refractivity (Wildman–Crippen MR) is 130 cm³/mol. The normalized spacial score (nSPS) is 10.9. The monoisotopic (exact) mass is 449 g/mol. The maximum atomic E-state index is 13.2. The second-order valence-electron chi connectivity index (χ2n) is 7.85. The van der Waals surface area contributed by atoms with Gasteiger partial charge in [-0.15, -0.1) is 16.8 Å². The highest BCUT2D eigenvalue weighted by molar-refractivity contribution is 5.80. The fourth-order valence-corrected chi connectivity index (χ4v) is 3.94. The van der Waals surface area contributed by atoms with E-state index in [0.717, 1.165) is 40.2 Å². The Hall–Kier alpha value is -4.59. The molecular formula is C26H23N7O. The molecule has 2 heterocycles. The summed E-state index contributed by atoms with van der Waals surface area (Å²) in [5.74, 6) is 1.35. The standard InChI is InChI=1S/C26H23N7O/c1-2-3-13-24-29-33(21-9-5-4-6-10-21)26(34)32(24)18-19-14-16-20(17-15-19)22-11-7-8-12-23(22)25-27-30-31-28-25/h2,4-12,14-17H,1,3,13,18H2,(H,27,28,30,31). The zero-order valence-electron chi connectivity index (χ0n) is 18.5. The number of hydrogen-bond donors (Lipinski definition) is 1. The highest BCUT2D eigenvalue weighted by Crippen LogP contribution is 2.29. The lowest BCUT2D eigenvalue weighted by atomic mass is 9.98. The average molecular weight is 450 g/mol. The third-order valence-corrected chi connectivity index (χ3v) is 5.65. The molecule has 0 radical (unpaired) electrons. The number of nitrogens with zero attached hydrogens (tertiary/aromatic N) is 6. The average Bonchev–Trinajstić information content (AvgIpc) is 3.53. The summed E-state index contributed by atoms with van der Waals surface area (Å²) in [4.78, 5) is 13.2. The molecule has 1 N–H and O–H groups in total. The Balaban J connectivity index is 1.47. The summed E-state index contributed by atoms with van der Waals surface area (Å²) in [6, 6.07) is 25.6. The van der Waals surface area contributed by atoms with E-state index in [1.165, 1.54) is 4.68 Å². The van der Waals surface area contributed by atoms with Gasteiger partial charge in [-0.2, -0.15) is 4.68 Å². The van der Waals surface area contributed by atoms with Gasteiger partial charge in [0.05, 0.1) is 12.2 Å². The van der Waals surface area contributed by atoms with E-state index in [0.29, 0.717) is 18.8 Å². The number of aryl methyl sites for hydroxylation is 1. The van der Waals surface area contributed by atoms with Gasteiger partial charge in [0, 0.05) is 12.0 Å². The number of rotatable bonds is 8. The first kappa shape index (κ1) is 21.3. The van der Waals surface area contributed by atoms with Gasteiger partial charge in [-0.05, 0) is 45.7 Å². The molecule has 0 amide bonds.